The third-order valence-corrected chi connectivity index (χ3v) is 3.65. The molecule has 0 aliphatic carbocycles. The first-order valence-corrected chi connectivity index (χ1v) is 7.47. The van der Waals surface area contributed by atoms with Gasteiger partial charge in [0.15, 0.2) is 5.82 Å². The number of furan rings is 1. The monoisotopic (exact) mass is 315 g/mol. The molecule has 0 aliphatic rings. The molecule has 0 spiro atoms. The van der Waals surface area contributed by atoms with Gasteiger partial charge in [0.05, 0.1) is 29.6 Å². The normalized spacial score (nSPS) is 11.3. The molecule has 2 heterocycles. The number of rotatable bonds is 3. The van der Waals surface area contributed by atoms with E-state index in [0.717, 1.165) is 11.1 Å². The molecule has 5 heteroatoms. The van der Waals surface area contributed by atoms with Crippen molar-refractivity contribution in [1.29, 1.82) is 0 Å². The molecule has 0 bridgehead atoms. The minimum atomic E-state index is -0.209. The van der Waals surface area contributed by atoms with Crippen LogP contribution in [0.15, 0.2) is 87.5 Å². The summed E-state index contributed by atoms with van der Waals surface area (Å²) in [5.41, 5.74) is 2.04. The van der Waals surface area contributed by atoms with Gasteiger partial charge in [-0.3, -0.25) is 4.79 Å². The molecule has 0 aliphatic heterocycles. The van der Waals surface area contributed by atoms with Crippen LogP contribution in [0.3, 0.4) is 0 Å². The van der Waals surface area contributed by atoms with Gasteiger partial charge in [-0.2, -0.15) is 9.78 Å². The molecule has 4 aromatic rings. The van der Waals surface area contributed by atoms with E-state index in [2.05, 4.69) is 10.1 Å². The molecule has 0 saturated carbocycles. The van der Waals surface area contributed by atoms with E-state index < -0.39 is 0 Å². The molecule has 0 N–H and O–H groups in total. The van der Waals surface area contributed by atoms with Crippen molar-refractivity contribution in [1.82, 2.24) is 9.66 Å². The third-order valence-electron chi connectivity index (χ3n) is 3.65. The summed E-state index contributed by atoms with van der Waals surface area (Å²) in [6.07, 6.45) is 4.69. The zero-order valence-corrected chi connectivity index (χ0v) is 12.7. The summed E-state index contributed by atoms with van der Waals surface area (Å²) in [4.78, 5) is 17.5. The Bertz CT molecular complexity index is 1060. The Balaban J connectivity index is 1.98. The van der Waals surface area contributed by atoms with Crippen molar-refractivity contribution < 1.29 is 4.42 Å². The number of fused-ring (bicyclic) bond motifs is 1. The summed E-state index contributed by atoms with van der Waals surface area (Å²) in [6.45, 7) is 0. The maximum absolute atomic E-state index is 12.9. The van der Waals surface area contributed by atoms with Gasteiger partial charge in [-0.1, -0.05) is 42.5 Å². The minimum absolute atomic E-state index is 0.209. The van der Waals surface area contributed by atoms with Crippen LogP contribution in [-0.4, -0.2) is 15.9 Å². The van der Waals surface area contributed by atoms with Crippen LogP contribution in [0.4, 0.5) is 0 Å². The number of hydrogen-bond donors (Lipinski definition) is 0. The molecular formula is C19H13N3O2. The third kappa shape index (κ3) is 2.52. The number of para-hydroxylation sites is 1. The molecule has 0 atom stereocenters. The van der Waals surface area contributed by atoms with Gasteiger partial charge >= 0.3 is 0 Å². The second-order valence-electron chi connectivity index (χ2n) is 5.24. The molecule has 0 fully saturated rings. The lowest BCUT2D eigenvalue weighted by molar-refractivity contribution is 0.567. The van der Waals surface area contributed by atoms with Gasteiger partial charge in [-0.05, 0) is 18.2 Å². The van der Waals surface area contributed by atoms with Crippen LogP contribution in [0.2, 0.25) is 0 Å². The number of nitrogens with zero attached hydrogens (tertiary/aromatic N) is 3. The predicted octanol–water partition coefficient (Wildman–Crippen LogP) is 3.54. The average Bonchev–Trinajstić information content (AvgIpc) is 3.15. The largest absolute Gasteiger partial charge is 0.472 e. The zero-order chi connectivity index (χ0) is 16.4. The smallest absolute Gasteiger partial charge is 0.282 e. The van der Waals surface area contributed by atoms with Crippen LogP contribution in [0.25, 0.3) is 22.3 Å². The number of aromatic nitrogens is 2. The molecule has 0 saturated heterocycles. The highest BCUT2D eigenvalue weighted by Crippen LogP contribution is 2.18. The zero-order valence-electron chi connectivity index (χ0n) is 12.7. The Labute approximate surface area is 137 Å². The standard InChI is InChI=1S/C19H13N3O2/c23-19-16-8-4-5-9-17(16)21-18(15-6-2-1-3-7-15)22(19)20-12-14-10-11-24-13-14/h1-13H. The van der Waals surface area contributed by atoms with Crippen LogP contribution < -0.4 is 5.56 Å². The van der Waals surface area contributed by atoms with Gasteiger partial charge in [-0.15, -0.1) is 0 Å². The van der Waals surface area contributed by atoms with E-state index >= 15 is 0 Å². The first-order valence-electron chi connectivity index (χ1n) is 7.47. The Morgan fingerprint density at radius 2 is 1.79 bits per heavy atom. The van der Waals surface area contributed by atoms with Crippen LogP contribution >= 0.6 is 0 Å². The summed E-state index contributed by atoms with van der Waals surface area (Å²) in [7, 11) is 0. The lowest BCUT2D eigenvalue weighted by Crippen LogP contribution is -2.20. The van der Waals surface area contributed by atoms with E-state index in [1.54, 1.807) is 30.9 Å². The Hall–Kier alpha value is -3.47. The highest BCUT2D eigenvalue weighted by Gasteiger charge is 2.11. The van der Waals surface area contributed by atoms with Crippen molar-refractivity contribution in [3.8, 4) is 11.4 Å². The second kappa shape index (κ2) is 5.96. The second-order valence-corrected chi connectivity index (χ2v) is 5.24. The maximum Gasteiger partial charge on any atom is 0.282 e. The number of hydrogen-bond acceptors (Lipinski definition) is 4. The fourth-order valence-electron chi connectivity index (χ4n) is 2.48. The fraction of sp³-hybridized carbons (Fsp3) is 0. The van der Waals surface area contributed by atoms with Crippen molar-refractivity contribution in [2.45, 2.75) is 0 Å². The van der Waals surface area contributed by atoms with Gasteiger partial charge in [0.1, 0.15) is 0 Å². The SMILES string of the molecule is O=c1c2ccccc2nc(-c2ccccc2)n1N=Cc1ccoc1. The van der Waals surface area contributed by atoms with Crippen molar-refractivity contribution >= 4 is 17.1 Å². The van der Waals surface area contributed by atoms with Crippen LogP contribution in [-0.2, 0) is 0 Å². The summed E-state index contributed by atoms with van der Waals surface area (Å²) in [5.74, 6) is 0.499. The Kier molecular flexibility index (Phi) is 3.51. The molecule has 0 amide bonds. The summed E-state index contributed by atoms with van der Waals surface area (Å²) >= 11 is 0. The van der Waals surface area contributed by atoms with Gasteiger partial charge in [-0.25, -0.2) is 4.98 Å². The summed E-state index contributed by atoms with van der Waals surface area (Å²) in [6, 6.07) is 18.6. The molecule has 0 radical (unpaired) electrons. The van der Waals surface area contributed by atoms with Gasteiger partial charge in [0.25, 0.3) is 5.56 Å². The van der Waals surface area contributed by atoms with Crippen LogP contribution in [0.5, 0.6) is 0 Å². The Morgan fingerprint density at radius 1 is 1.00 bits per heavy atom. The number of benzene rings is 2. The molecule has 116 valence electrons. The van der Waals surface area contributed by atoms with Crippen LogP contribution in [0, 0.1) is 0 Å². The highest BCUT2D eigenvalue weighted by atomic mass is 16.3. The lowest BCUT2D eigenvalue weighted by Gasteiger charge is -2.09. The molecular weight excluding hydrogens is 302 g/mol. The van der Waals surface area contributed by atoms with Crippen molar-refractivity contribution in [2.24, 2.45) is 5.10 Å². The fourth-order valence-corrected chi connectivity index (χ4v) is 2.48. The maximum atomic E-state index is 12.9. The predicted molar refractivity (Wildman–Crippen MR) is 93.1 cm³/mol. The van der Waals surface area contributed by atoms with Crippen molar-refractivity contribution in [2.75, 3.05) is 0 Å². The molecule has 0 unspecified atom stereocenters. The first-order chi connectivity index (χ1) is 11.8. The average molecular weight is 315 g/mol. The van der Waals surface area contributed by atoms with E-state index in [4.69, 9.17) is 4.42 Å². The molecule has 2 aromatic carbocycles. The van der Waals surface area contributed by atoms with Crippen molar-refractivity contribution in [3.63, 3.8) is 0 Å². The van der Waals surface area contributed by atoms with E-state index in [9.17, 15) is 4.79 Å². The highest BCUT2D eigenvalue weighted by molar-refractivity contribution is 5.81. The first kappa shape index (κ1) is 14.1. The molecule has 2 aromatic heterocycles. The van der Waals surface area contributed by atoms with E-state index in [0.29, 0.717) is 16.7 Å². The van der Waals surface area contributed by atoms with E-state index in [1.807, 2.05) is 48.5 Å². The van der Waals surface area contributed by atoms with Crippen LogP contribution in [0.1, 0.15) is 5.56 Å². The Morgan fingerprint density at radius 3 is 2.58 bits per heavy atom. The van der Waals surface area contributed by atoms with E-state index in [-0.39, 0.29) is 5.56 Å². The van der Waals surface area contributed by atoms with E-state index in [1.165, 1.54) is 4.68 Å². The van der Waals surface area contributed by atoms with Gasteiger partial charge in [0.2, 0.25) is 0 Å². The quantitative estimate of drug-likeness (QED) is 0.543. The molecule has 5 nitrogen and oxygen atoms in total. The van der Waals surface area contributed by atoms with Crippen molar-refractivity contribution in [3.05, 3.63) is 89.1 Å². The van der Waals surface area contributed by atoms with Gasteiger partial charge < -0.3 is 4.42 Å². The molecule has 4 rings (SSSR count). The minimum Gasteiger partial charge on any atom is -0.472 e. The molecule has 24 heavy (non-hydrogen) atoms. The summed E-state index contributed by atoms with van der Waals surface area (Å²) in [5, 5.41) is 4.86. The topological polar surface area (TPSA) is 60.4 Å². The van der Waals surface area contributed by atoms with Gasteiger partial charge in [0, 0.05) is 11.1 Å². The summed E-state index contributed by atoms with van der Waals surface area (Å²) < 4.78 is 6.35. The lowest BCUT2D eigenvalue weighted by atomic mass is 10.2.